The van der Waals surface area contributed by atoms with E-state index in [0.717, 1.165) is 36.7 Å². The molecule has 2 aliphatic heterocycles. The number of anilines is 1. The highest BCUT2D eigenvalue weighted by Crippen LogP contribution is 2.29. The highest BCUT2D eigenvalue weighted by atomic mass is 32.2. The van der Waals surface area contributed by atoms with Crippen molar-refractivity contribution in [2.45, 2.75) is 24.1 Å². The molecular formula is C18H27N3O3S2. The fourth-order valence-electron chi connectivity index (χ4n) is 3.61. The predicted octanol–water partition coefficient (Wildman–Crippen LogP) is 1.34. The van der Waals surface area contributed by atoms with Crippen molar-refractivity contribution in [2.24, 2.45) is 0 Å². The van der Waals surface area contributed by atoms with Gasteiger partial charge in [-0.1, -0.05) is 12.1 Å². The van der Waals surface area contributed by atoms with Gasteiger partial charge in [-0.3, -0.25) is 9.69 Å². The molecule has 1 aromatic carbocycles. The monoisotopic (exact) mass is 397 g/mol. The van der Waals surface area contributed by atoms with Crippen LogP contribution in [0.5, 0.6) is 0 Å². The van der Waals surface area contributed by atoms with E-state index >= 15 is 0 Å². The maximum absolute atomic E-state index is 12.9. The van der Waals surface area contributed by atoms with E-state index in [1.165, 1.54) is 6.26 Å². The van der Waals surface area contributed by atoms with Crippen molar-refractivity contribution in [3.8, 4) is 0 Å². The number of carbonyl (C=O) groups is 1. The summed E-state index contributed by atoms with van der Waals surface area (Å²) in [6.07, 6.45) is 1.79. The Labute approximate surface area is 160 Å². The van der Waals surface area contributed by atoms with Gasteiger partial charge in [0, 0.05) is 43.1 Å². The number of nitrogens with zero attached hydrogens (tertiary/aromatic N) is 1. The van der Waals surface area contributed by atoms with Crippen LogP contribution in [0.3, 0.4) is 0 Å². The van der Waals surface area contributed by atoms with Crippen molar-refractivity contribution in [1.29, 1.82) is 0 Å². The topological polar surface area (TPSA) is 78.5 Å². The van der Waals surface area contributed by atoms with E-state index < -0.39 is 20.5 Å². The molecule has 2 N–H and O–H groups in total. The summed E-state index contributed by atoms with van der Waals surface area (Å²) in [4.78, 5) is 15.3. The molecule has 144 valence electrons. The Kier molecular flexibility index (Phi) is 6.27. The molecular weight excluding hydrogens is 370 g/mol. The van der Waals surface area contributed by atoms with Crippen LogP contribution >= 0.6 is 11.8 Å². The van der Waals surface area contributed by atoms with Crippen LogP contribution < -0.4 is 10.6 Å². The van der Waals surface area contributed by atoms with Crippen LogP contribution in [0.2, 0.25) is 0 Å². The second-order valence-electron chi connectivity index (χ2n) is 7.06. The van der Waals surface area contributed by atoms with Crippen LogP contribution in [0.15, 0.2) is 24.3 Å². The third-order valence-corrected chi connectivity index (χ3v) is 8.19. The summed E-state index contributed by atoms with van der Waals surface area (Å²) in [5, 5.41) is 6.00. The fraction of sp³-hybridized carbons (Fsp3) is 0.611. The molecule has 2 saturated heterocycles. The van der Waals surface area contributed by atoms with Gasteiger partial charge in [0.05, 0.1) is 0 Å². The fourth-order valence-corrected chi connectivity index (χ4v) is 5.92. The summed E-state index contributed by atoms with van der Waals surface area (Å²) in [5.41, 5.74) is 1.80. The van der Waals surface area contributed by atoms with Gasteiger partial charge >= 0.3 is 0 Å². The van der Waals surface area contributed by atoms with E-state index in [9.17, 15) is 13.2 Å². The number of amides is 1. The van der Waals surface area contributed by atoms with Gasteiger partial charge in [-0.25, -0.2) is 8.42 Å². The van der Waals surface area contributed by atoms with E-state index in [0.29, 0.717) is 31.6 Å². The highest BCUT2D eigenvalue weighted by molar-refractivity contribution is 7.99. The normalized spacial score (nSPS) is 21.3. The number of sulfone groups is 1. The van der Waals surface area contributed by atoms with Crippen LogP contribution in [0.25, 0.3) is 0 Å². The zero-order valence-electron chi connectivity index (χ0n) is 15.2. The Morgan fingerprint density at radius 3 is 2.62 bits per heavy atom. The van der Waals surface area contributed by atoms with Gasteiger partial charge in [-0.05, 0) is 43.6 Å². The summed E-state index contributed by atoms with van der Waals surface area (Å²) in [5.74, 6) is 1.90. The van der Waals surface area contributed by atoms with Gasteiger partial charge in [0.2, 0.25) is 5.91 Å². The van der Waals surface area contributed by atoms with E-state index in [1.807, 2.05) is 36.0 Å². The highest BCUT2D eigenvalue weighted by Gasteiger charge is 2.48. The zero-order valence-corrected chi connectivity index (χ0v) is 16.8. The minimum atomic E-state index is -3.50. The number of benzene rings is 1. The molecule has 0 aromatic heterocycles. The number of rotatable bonds is 5. The third-order valence-electron chi connectivity index (χ3n) is 5.23. The minimum Gasteiger partial charge on any atom is -0.325 e. The lowest BCUT2D eigenvalue weighted by atomic mass is 9.95. The molecule has 6 nitrogen and oxygen atoms in total. The first-order valence-corrected chi connectivity index (χ1v) is 12.1. The van der Waals surface area contributed by atoms with Gasteiger partial charge in [-0.2, -0.15) is 11.8 Å². The van der Waals surface area contributed by atoms with Crippen LogP contribution in [0.1, 0.15) is 18.4 Å². The molecule has 1 aromatic rings. The van der Waals surface area contributed by atoms with Crippen molar-refractivity contribution < 1.29 is 13.2 Å². The summed E-state index contributed by atoms with van der Waals surface area (Å²) in [6, 6.07) is 7.74. The van der Waals surface area contributed by atoms with Crippen molar-refractivity contribution in [3.05, 3.63) is 29.8 Å². The summed E-state index contributed by atoms with van der Waals surface area (Å²) < 4.78 is 23.4. The first-order chi connectivity index (χ1) is 12.4. The smallest absolute Gasteiger partial charge is 0.245 e. The van der Waals surface area contributed by atoms with E-state index in [2.05, 4.69) is 15.5 Å². The second-order valence-corrected chi connectivity index (χ2v) is 10.6. The molecule has 0 saturated carbocycles. The standard InChI is InChI=1S/C18H27N3O3S2/c1-26(23,24)18(5-7-19-8-6-18)17(22)20-16-4-2-3-15(13-16)14-21-9-11-25-12-10-21/h2-4,13,19H,5-12,14H2,1H3,(H,20,22). The van der Waals surface area contributed by atoms with Gasteiger partial charge in [0.25, 0.3) is 0 Å². The molecule has 0 spiro atoms. The van der Waals surface area contributed by atoms with Crippen LogP contribution in [-0.4, -0.2) is 67.9 Å². The molecule has 2 aliphatic rings. The lowest BCUT2D eigenvalue weighted by Crippen LogP contribution is -2.55. The second kappa shape index (κ2) is 8.29. The summed E-state index contributed by atoms with van der Waals surface area (Å²) in [7, 11) is -3.50. The summed E-state index contributed by atoms with van der Waals surface area (Å²) >= 11 is 1.98. The van der Waals surface area contributed by atoms with Crippen molar-refractivity contribution in [2.75, 3.05) is 49.3 Å². The number of hydrogen-bond donors (Lipinski definition) is 2. The van der Waals surface area contributed by atoms with Crippen LogP contribution in [-0.2, 0) is 21.2 Å². The van der Waals surface area contributed by atoms with Crippen molar-refractivity contribution in [1.82, 2.24) is 10.2 Å². The number of carbonyl (C=O) groups excluding carboxylic acids is 1. The van der Waals surface area contributed by atoms with Gasteiger partial charge in [0.15, 0.2) is 14.6 Å². The largest absolute Gasteiger partial charge is 0.325 e. The molecule has 0 bridgehead atoms. The molecule has 2 fully saturated rings. The Morgan fingerprint density at radius 1 is 1.27 bits per heavy atom. The molecule has 0 aliphatic carbocycles. The van der Waals surface area contributed by atoms with Crippen molar-refractivity contribution in [3.63, 3.8) is 0 Å². The number of piperidine rings is 1. The number of nitrogens with one attached hydrogen (secondary N) is 2. The molecule has 26 heavy (non-hydrogen) atoms. The van der Waals surface area contributed by atoms with Gasteiger partial charge in [-0.15, -0.1) is 0 Å². The Balaban J connectivity index is 1.73. The molecule has 8 heteroatoms. The first-order valence-electron chi connectivity index (χ1n) is 9.01. The van der Waals surface area contributed by atoms with Gasteiger partial charge in [0.1, 0.15) is 0 Å². The number of thioether (sulfide) groups is 1. The molecule has 0 unspecified atom stereocenters. The third kappa shape index (κ3) is 4.42. The van der Waals surface area contributed by atoms with Crippen LogP contribution in [0, 0.1) is 0 Å². The SMILES string of the molecule is CS(=O)(=O)C1(C(=O)Nc2cccc(CN3CCSCC3)c2)CCNCC1. The lowest BCUT2D eigenvalue weighted by molar-refractivity contribution is -0.119. The van der Waals surface area contributed by atoms with E-state index in [-0.39, 0.29) is 0 Å². The molecule has 3 rings (SSSR count). The Morgan fingerprint density at radius 2 is 1.96 bits per heavy atom. The van der Waals surface area contributed by atoms with Crippen molar-refractivity contribution >= 4 is 33.2 Å². The molecule has 2 heterocycles. The van der Waals surface area contributed by atoms with E-state index in [1.54, 1.807) is 0 Å². The quantitative estimate of drug-likeness (QED) is 0.781. The predicted molar refractivity (Wildman–Crippen MR) is 107 cm³/mol. The number of hydrogen-bond acceptors (Lipinski definition) is 6. The van der Waals surface area contributed by atoms with E-state index in [4.69, 9.17) is 0 Å². The average Bonchev–Trinajstić information content (AvgIpc) is 2.62. The maximum Gasteiger partial charge on any atom is 0.245 e. The summed E-state index contributed by atoms with van der Waals surface area (Å²) in [6.45, 7) is 4.07. The van der Waals surface area contributed by atoms with Gasteiger partial charge < -0.3 is 10.6 Å². The Hall–Kier alpha value is -1.09. The molecule has 0 atom stereocenters. The lowest BCUT2D eigenvalue weighted by Gasteiger charge is -2.34. The zero-order chi connectivity index (χ0) is 18.6. The molecule has 0 radical (unpaired) electrons. The van der Waals surface area contributed by atoms with Crippen LogP contribution in [0.4, 0.5) is 5.69 Å². The molecule has 1 amide bonds. The Bertz CT molecular complexity index is 740. The average molecular weight is 398 g/mol. The maximum atomic E-state index is 12.9. The first kappa shape index (κ1) is 19.7. The minimum absolute atomic E-state index is 0.308.